The Morgan fingerprint density at radius 2 is 2.11 bits per heavy atom. The molecular formula is C18H16Cl2N4O2S2. The third-order valence-electron chi connectivity index (χ3n) is 3.89. The van der Waals surface area contributed by atoms with Crippen molar-refractivity contribution < 1.29 is 4.79 Å². The van der Waals surface area contributed by atoms with E-state index in [1.165, 1.54) is 29.2 Å². The molecule has 6 nitrogen and oxygen atoms in total. The molecule has 0 aliphatic carbocycles. The van der Waals surface area contributed by atoms with Crippen LogP contribution in [-0.2, 0) is 0 Å². The molecule has 28 heavy (non-hydrogen) atoms. The molecule has 0 unspecified atom stereocenters. The van der Waals surface area contributed by atoms with Crippen LogP contribution in [0.25, 0.3) is 10.2 Å². The van der Waals surface area contributed by atoms with Crippen LogP contribution in [0, 0.1) is 13.8 Å². The van der Waals surface area contributed by atoms with E-state index in [1.54, 1.807) is 18.2 Å². The van der Waals surface area contributed by atoms with Crippen LogP contribution in [-0.4, -0.2) is 21.4 Å². The van der Waals surface area contributed by atoms with Gasteiger partial charge in [0.25, 0.3) is 5.56 Å². The lowest BCUT2D eigenvalue weighted by Crippen LogP contribution is -2.37. The minimum Gasteiger partial charge on any atom is -0.307 e. The van der Waals surface area contributed by atoms with E-state index in [9.17, 15) is 9.59 Å². The van der Waals surface area contributed by atoms with Crippen molar-refractivity contribution in [2.45, 2.75) is 19.0 Å². The Bertz CT molecular complexity index is 1140. The summed E-state index contributed by atoms with van der Waals surface area (Å²) in [5.41, 5.74) is 3.53. The summed E-state index contributed by atoms with van der Waals surface area (Å²) in [6.07, 6.45) is 1.70. The Kier molecular flexibility index (Phi) is 6.34. The Balaban J connectivity index is 1.97. The number of nitrogens with one attached hydrogen (secondary N) is 2. The highest BCUT2D eigenvalue weighted by Gasteiger charge is 2.18. The van der Waals surface area contributed by atoms with Gasteiger partial charge in [-0.1, -0.05) is 41.0 Å². The van der Waals surface area contributed by atoms with Gasteiger partial charge in [0.2, 0.25) is 0 Å². The lowest BCUT2D eigenvalue weighted by Gasteiger charge is -2.13. The minimum atomic E-state index is -0.605. The fourth-order valence-electron chi connectivity index (χ4n) is 2.44. The molecule has 2 amide bonds. The molecule has 0 saturated heterocycles. The van der Waals surface area contributed by atoms with Gasteiger partial charge in [0.15, 0.2) is 5.16 Å². The van der Waals surface area contributed by atoms with Crippen LogP contribution in [0.4, 0.5) is 10.5 Å². The monoisotopic (exact) mass is 454 g/mol. The number of thiophene rings is 1. The number of anilines is 1. The van der Waals surface area contributed by atoms with Gasteiger partial charge in [0.1, 0.15) is 4.83 Å². The maximum atomic E-state index is 13.0. The number of amides is 2. The maximum absolute atomic E-state index is 13.0. The molecule has 3 rings (SSSR count). The number of carbonyl (C=O) groups is 1. The number of hydrogen-bond donors (Lipinski definition) is 2. The lowest BCUT2D eigenvalue weighted by molar-refractivity contribution is 0.259. The normalized spacial score (nSPS) is 10.9. The number of benzene rings is 1. The Morgan fingerprint density at radius 1 is 1.36 bits per heavy atom. The molecule has 0 radical (unpaired) electrons. The molecule has 10 heteroatoms. The number of halogens is 2. The minimum absolute atomic E-state index is 0.311. The third-order valence-corrected chi connectivity index (χ3v) is 6.67. The highest BCUT2D eigenvalue weighted by molar-refractivity contribution is 7.99. The van der Waals surface area contributed by atoms with Gasteiger partial charge in [0.05, 0.1) is 15.4 Å². The number of rotatable bonds is 5. The van der Waals surface area contributed by atoms with E-state index >= 15 is 0 Å². The van der Waals surface area contributed by atoms with Gasteiger partial charge >= 0.3 is 6.03 Å². The first kappa shape index (κ1) is 20.7. The quantitative estimate of drug-likeness (QED) is 0.305. The largest absolute Gasteiger partial charge is 0.338 e. The number of aromatic nitrogens is 2. The fourth-order valence-corrected chi connectivity index (χ4v) is 4.49. The summed E-state index contributed by atoms with van der Waals surface area (Å²) >= 11 is 14.6. The molecule has 0 fully saturated rings. The number of hydrogen-bond acceptors (Lipinski definition) is 5. The molecule has 0 atom stereocenters. The first-order valence-electron chi connectivity index (χ1n) is 8.11. The zero-order valence-corrected chi connectivity index (χ0v) is 18.2. The van der Waals surface area contributed by atoms with E-state index in [4.69, 9.17) is 23.2 Å². The van der Waals surface area contributed by atoms with Crippen molar-refractivity contribution in [1.82, 2.24) is 9.66 Å². The van der Waals surface area contributed by atoms with Gasteiger partial charge in [-0.3, -0.25) is 4.79 Å². The number of carbonyl (C=O) groups excluding carboxylic acids is 1. The van der Waals surface area contributed by atoms with Crippen molar-refractivity contribution in [3.05, 3.63) is 61.7 Å². The predicted octanol–water partition coefficient (Wildman–Crippen LogP) is 5.44. The second-order valence-electron chi connectivity index (χ2n) is 5.79. The number of aryl methyl sites for hydroxylation is 2. The van der Waals surface area contributed by atoms with Crippen LogP contribution >= 0.6 is 46.3 Å². The Morgan fingerprint density at radius 3 is 2.79 bits per heavy atom. The van der Waals surface area contributed by atoms with Crippen LogP contribution in [0.1, 0.15) is 10.4 Å². The zero-order valence-electron chi connectivity index (χ0n) is 15.0. The first-order chi connectivity index (χ1) is 13.3. The zero-order chi connectivity index (χ0) is 20.4. The van der Waals surface area contributed by atoms with E-state index in [0.717, 1.165) is 15.1 Å². The van der Waals surface area contributed by atoms with Crippen LogP contribution in [0.3, 0.4) is 0 Å². The smallest absolute Gasteiger partial charge is 0.307 e. The molecule has 0 spiro atoms. The van der Waals surface area contributed by atoms with Gasteiger partial charge < -0.3 is 5.32 Å². The molecule has 2 N–H and O–H groups in total. The Hall–Kier alpha value is -2.00. The van der Waals surface area contributed by atoms with Crippen molar-refractivity contribution in [1.29, 1.82) is 0 Å². The van der Waals surface area contributed by atoms with E-state index in [-0.39, 0.29) is 5.56 Å². The van der Waals surface area contributed by atoms with Gasteiger partial charge in [0, 0.05) is 16.3 Å². The number of thioether (sulfide) groups is 1. The van der Waals surface area contributed by atoms with E-state index in [0.29, 0.717) is 36.9 Å². The maximum Gasteiger partial charge on any atom is 0.338 e. The molecule has 0 saturated carbocycles. The van der Waals surface area contributed by atoms with Gasteiger partial charge in [-0.05, 0) is 37.6 Å². The van der Waals surface area contributed by atoms with Gasteiger partial charge in [-0.15, -0.1) is 17.9 Å². The average molecular weight is 455 g/mol. The van der Waals surface area contributed by atoms with E-state index in [1.807, 2.05) is 13.8 Å². The molecule has 1 aromatic carbocycles. The summed E-state index contributed by atoms with van der Waals surface area (Å²) in [5.74, 6) is 0.539. The predicted molar refractivity (Wildman–Crippen MR) is 119 cm³/mol. The van der Waals surface area contributed by atoms with Crippen LogP contribution in [0.15, 0.2) is 40.8 Å². The topological polar surface area (TPSA) is 76.0 Å². The average Bonchev–Trinajstić information content (AvgIpc) is 2.93. The summed E-state index contributed by atoms with van der Waals surface area (Å²) in [7, 11) is 0. The molecule has 146 valence electrons. The highest BCUT2D eigenvalue weighted by Crippen LogP contribution is 2.28. The summed E-state index contributed by atoms with van der Waals surface area (Å²) in [4.78, 5) is 31.7. The summed E-state index contributed by atoms with van der Waals surface area (Å²) in [6.45, 7) is 7.49. The molecule has 0 aliphatic heterocycles. The van der Waals surface area contributed by atoms with E-state index in [2.05, 4.69) is 22.3 Å². The number of fused-ring (bicyclic) bond motifs is 1. The molecular weight excluding hydrogens is 439 g/mol. The van der Waals surface area contributed by atoms with Crippen molar-refractivity contribution in [3.8, 4) is 0 Å². The summed E-state index contributed by atoms with van der Waals surface area (Å²) in [5, 5.41) is 4.20. The van der Waals surface area contributed by atoms with Crippen molar-refractivity contribution in [2.75, 3.05) is 16.5 Å². The van der Waals surface area contributed by atoms with Gasteiger partial charge in [-0.2, -0.15) is 4.68 Å². The second-order valence-corrected chi connectivity index (χ2v) is 8.80. The first-order valence-corrected chi connectivity index (χ1v) is 10.7. The highest BCUT2D eigenvalue weighted by atomic mass is 35.5. The van der Waals surface area contributed by atoms with Crippen LogP contribution in [0.5, 0.6) is 0 Å². The van der Waals surface area contributed by atoms with Gasteiger partial charge in [-0.25, -0.2) is 15.2 Å². The van der Waals surface area contributed by atoms with Crippen LogP contribution < -0.4 is 16.3 Å². The number of nitrogens with zero attached hydrogens (tertiary/aromatic N) is 2. The SMILES string of the molecule is C=CCSc1nc2sc(C)c(C)c2c(=O)n1NC(=O)Nc1ccc(Cl)c(Cl)c1. The second kappa shape index (κ2) is 8.57. The number of urea groups is 1. The molecule has 2 aromatic heterocycles. The van der Waals surface area contributed by atoms with Crippen LogP contribution in [0.2, 0.25) is 10.0 Å². The fraction of sp³-hybridized carbons (Fsp3) is 0.167. The van der Waals surface area contributed by atoms with E-state index < -0.39 is 6.03 Å². The summed E-state index contributed by atoms with van der Waals surface area (Å²) in [6, 6.07) is 4.10. The van der Waals surface area contributed by atoms with Crippen molar-refractivity contribution in [2.24, 2.45) is 0 Å². The summed E-state index contributed by atoms with van der Waals surface area (Å²) < 4.78 is 1.16. The molecule has 0 aliphatic rings. The third kappa shape index (κ3) is 4.20. The molecule has 2 heterocycles. The standard InChI is InChI=1S/C18H16Cl2N4O2S2/c1-4-7-27-18-22-15-14(9(2)10(3)28-15)16(25)24(18)23-17(26)21-11-5-6-12(19)13(20)8-11/h4-6,8H,1,7H2,2-3H3,(H2,21,23,26). The Labute approximate surface area is 179 Å². The molecule has 0 bridgehead atoms. The molecule has 3 aromatic rings. The lowest BCUT2D eigenvalue weighted by atomic mass is 10.2. The van der Waals surface area contributed by atoms with Crippen molar-refractivity contribution >= 4 is 68.2 Å². The van der Waals surface area contributed by atoms with Crippen molar-refractivity contribution in [3.63, 3.8) is 0 Å².